The van der Waals surface area contributed by atoms with Crippen LogP contribution in [0.4, 0.5) is 0 Å². The summed E-state index contributed by atoms with van der Waals surface area (Å²) in [5.74, 6) is 0.437. The molecule has 1 aromatic rings. The largest absolute Gasteiger partial charge is 0.493 e. The lowest BCUT2D eigenvalue weighted by Gasteiger charge is -2.17. The molecule has 19 heavy (non-hydrogen) atoms. The second-order valence-electron chi connectivity index (χ2n) is 4.91. The van der Waals surface area contributed by atoms with E-state index in [2.05, 4.69) is 13.8 Å². The molecule has 1 atom stereocenters. The fraction of sp³-hybridized carbons (Fsp3) is 0.562. The highest BCUT2D eigenvalue weighted by Crippen LogP contribution is 2.21. The first kappa shape index (κ1) is 15.5. The molecule has 0 saturated carbocycles. The van der Waals surface area contributed by atoms with E-state index in [4.69, 9.17) is 9.84 Å². The summed E-state index contributed by atoms with van der Waals surface area (Å²) in [6.07, 6.45) is 4.71. The summed E-state index contributed by atoms with van der Waals surface area (Å²) >= 11 is 0. The zero-order valence-corrected chi connectivity index (χ0v) is 11.9. The molecule has 0 amide bonds. The molecule has 0 saturated heterocycles. The molecule has 1 aromatic carbocycles. The van der Waals surface area contributed by atoms with E-state index in [0.29, 0.717) is 18.3 Å². The summed E-state index contributed by atoms with van der Waals surface area (Å²) in [4.78, 5) is 10.8. The molecule has 0 heterocycles. The molecular weight excluding hydrogens is 240 g/mol. The highest BCUT2D eigenvalue weighted by atomic mass is 16.5. The molecule has 0 bridgehead atoms. The standard InChI is InChI=1S/C16H24O3/c1-3-5-8-13(4-2)12-19-15-10-7-6-9-14(15)11-16(17)18/h6-7,9-10,13H,3-5,8,11-12H2,1-2H3,(H,17,18). The first-order valence-corrected chi connectivity index (χ1v) is 7.09. The smallest absolute Gasteiger partial charge is 0.307 e. The monoisotopic (exact) mass is 264 g/mol. The van der Waals surface area contributed by atoms with Crippen LogP contribution in [-0.4, -0.2) is 17.7 Å². The van der Waals surface area contributed by atoms with Crippen molar-refractivity contribution in [1.29, 1.82) is 0 Å². The Balaban J connectivity index is 2.58. The van der Waals surface area contributed by atoms with Gasteiger partial charge in [-0.1, -0.05) is 51.3 Å². The summed E-state index contributed by atoms with van der Waals surface area (Å²) in [6, 6.07) is 7.40. The lowest BCUT2D eigenvalue weighted by atomic mass is 10.0. The van der Waals surface area contributed by atoms with Crippen LogP contribution in [0.5, 0.6) is 5.75 Å². The third-order valence-corrected chi connectivity index (χ3v) is 3.33. The van der Waals surface area contributed by atoms with Crippen molar-refractivity contribution < 1.29 is 14.6 Å². The van der Waals surface area contributed by atoms with Crippen molar-refractivity contribution in [1.82, 2.24) is 0 Å². The number of ether oxygens (including phenoxy) is 1. The lowest BCUT2D eigenvalue weighted by molar-refractivity contribution is -0.136. The van der Waals surface area contributed by atoms with Crippen molar-refractivity contribution in [2.24, 2.45) is 5.92 Å². The van der Waals surface area contributed by atoms with Crippen LogP contribution in [0.15, 0.2) is 24.3 Å². The first-order chi connectivity index (χ1) is 9.17. The number of benzene rings is 1. The molecule has 0 spiro atoms. The third kappa shape index (κ3) is 5.77. The molecule has 0 aromatic heterocycles. The Kier molecular flexibility index (Phi) is 7.01. The molecule has 1 rings (SSSR count). The number of unbranched alkanes of at least 4 members (excludes halogenated alkanes) is 1. The van der Waals surface area contributed by atoms with Gasteiger partial charge in [0, 0.05) is 5.56 Å². The maximum absolute atomic E-state index is 10.8. The highest BCUT2D eigenvalue weighted by molar-refractivity contribution is 5.71. The molecular formula is C16H24O3. The Bertz CT molecular complexity index is 387. The minimum absolute atomic E-state index is 0.0158. The van der Waals surface area contributed by atoms with Gasteiger partial charge in [-0.05, 0) is 18.4 Å². The van der Waals surface area contributed by atoms with Crippen LogP contribution in [0, 0.1) is 5.92 Å². The van der Waals surface area contributed by atoms with E-state index in [-0.39, 0.29) is 6.42 Å². The van der Waals surface area contributed by atoms with Crippen LogP contribution in [-0.2, 0) is 11.2 Å². The SMILES string of the molecule is CCCCC(CC)COc1ccccc1CC(=O)O. The van der Waals surface area contributed by atoms with Crippen molar-refractivity contribution in [3.05, 3.63) is 29.8 Å². The second-order valence-corrected chi connectivity index (χ2v) is 4.91. The fourth-order valence-corrected chi connectivity index (χ4v) is 2.06. The zero-order chi connectivity index (χ0) is 14.1. The highest BCUT2D eigenvalue weighted by Gasteiger charge is 2.10. The number of carbonyl (C=O) groups is 1. The molecule has 3 nitrogen and oxygen atoms in total. The molecule has 1 unspecified atom stereocenters. The maximum atomic E-state index is 10.8. The van der Waals surface area contributed by atoms with Crippen molar-refractivity contribution in [2.75, 3.05) is 6.61 Å². The predicted molar refractivity (Wildman–Crippen MR) is 76.6 cm³/mol. The lowest BCUT2D eigenvalue weighted by Crippen LogP contribution is -2.13. The van der Waals surface area contributed by atoms with Crippen LogP contribution in [0.25, 0.3) is 0 Å². The van der Waals surface area contributed by atoms with Gasteiger partial charge >= 0.3 is 5.97 Å². The van der Waals surface area contributed by atoms with Gasteiger partial charge in [0.1, 0.15) is 5.75 Å². The number of para-hydroxylation sites is 1. The molecule has 0 aliphatic rings. The number of carboxylic acid groups (broad SMARTS) is 1. The summed E-state index contributed by atoms with van der Waals surface area (Å²) < 4.78 is 5.82. The predicted octanol–water partition coefficient (Wildman–Crippen LogP) is 3.91. The molecule has 0 radical (unpaired) electrons. The summed E-state index contributed by atoms with van der Waals surface area (Å²) in [5.41, 5.74) is 0.750. The molecule has 106 valence electrons. The average molecular weight is 264 g/mol. The van der Waals surface area contributed by atoms with E-state index in [1.807, 2.05) is 24.3 Å². The maximum Gasteiger partial charge on any atom is 0.307 e. The van der Waals surface area contributed by atoms with Gasteiger partial charge in [0.25, 0.3) is 0 Å². The van der Waals surface area contributed by atoms with E-state index in [1.54, 1.807) is 0 Å². The van der Waals surface area contributed by atoms with Gasteiger partial charge in [-0.2, -0.15) is 0 Å². The van der Waals surface area contributed by atoms with Gasteiger partial charge in [-0.15, -0.1) is 0 Å². The molecule has 1 N–H and O–H groups in total. The summed E-state index contributed by atoms with van der Waals surface area (Å²) in [7, 11) is 0. The topological polar surface area (TPSA) is 46.5 Å². The Hall–Kier alpha value is -1.51. The Morgan fingerprint density at radius 2 is 2.05 bits per heavy atom. The number of rotatable bonds is 9. The van der Waals surface area contributed by atoms with E-state index >= 15 is 0 Å². The fourth-order valence-electron chi connectivity index (χ4n) is 2.06. The summed E-state index contributed by atoms with van der Waals surface area (Å²) in [5, 5.41) is 8.88. The average Bonchev–Trinajstić information content (AvgIpc) is 2.40. The summed E-state index contributed by atoms with van der Waals surface area (Å²) in [6.45, 7) is 5.04. The first-order valence-electron chi connectivity index (χ1n) is 7.09. The van der Waals surface area contributed by atoms with Crippen molar-refractivity contribution >= 4 is 5.97 Å². The van der Waals surface area contributed by atoms with E-state index in [0.717, 1.165) is 12.0 Å². The molecule has 0 aliphatic heterocycles. The van der Waals surface area contributed by atoms with Gasteiger partial charge in [0.2, 0.25) is 0 Å². The molecule has 0 fully saturated rings. The third-order valence-electron chi connectivity index (χ3n) is 3.33. The van der Waals surface area contributed by atoms with Crippen molar-refractivity contribution in [3.8, 4) is 5.75 Å². The van der Waals surface area contributed by atoms with Gasteiger partial charge < -0.3 is 9.84 Å². The van der Waals surface area contributed by atoms with Gasteiger partial charge in [0.15, 0.2) is 0 Å². The van der Waals surface area contributed by atoms with E-state index in [9.17, 15) is 4.79 Å². The molecule has 3 heteroatoms. The zero-order valence-electron chi connectivity index (χ0n) is 11.9. The second kappa shape index (κ2) is 8.57. The minimum atomic E-state index is -0.825. The number of hydrogen-bond donors (Lipinski definition) is 1. The number of aliphatic carboxylic acids is 1. The number of carboxylic acids is 1. The quantitative estimate of drug-likeness (QED) is 0.735. The Morgan fingerprint density at radius 3 is 2.68 bits per heavy atom. The van der Waals surface area contributed by atoms with Crippen LogP contribution >= 0.6 is 0 Å². The van der Waals surface area contributed by atoms with Crippen LogP contribution in [0.3, 0.4) is 0 Å². The van der Waals surface area contributed by atoms with E-state index in [1.165, 1.54) is 19.3 Å². The van der Waals surface area contributed by atoms with Crippen molar-refractivity contribution in [2.45, 2.75) is 46.0 Å². The van der Waals surface area contributed by atoms with E-state index < -0.39 is 5.97 Å². The van der Waals surface area contributed by atoms with Crippen LogP contribution < -0.4 is 4.74 Å². The normalized spacial score (nSPS) is 12.1. The van der Waals surface area contributed by atoms with Crippen LogP contribution in [0.1, 0.15) is 45.1 Å². The van der Waals surface area contributed by atoms with Gasteiger partial charge in [0.05, 0.1) is 13.0 Å². The molecule has 0 aliphatic carbocycles. The van der Waals surface area contributed by atoms with Gasteiger partial charge in [-0.3, -0.25) is 4.79 Å². The Morgan fingerprint density at radius 1 is 1.32 bits per heavy atom. The minimum Gasteiger partial charge on any atom is -0.493 e. The number of hydrogen-bond acceptors (Lipinski definition) is 2. The Labute approximate surface area is 115 Å². The van der Waals surface area contributed by atoms with Crippen LogP contribution in [0.2, 0.25) is 0 Å². The van der Waals surface area contributed by atoms with Crippen molar-refractivity contribution in [3.63, 3.8) is 0 Å². The van der Waals surface area contributed by atoms with Gasteiger partial charge in [-0.25, -0.2) is 0 Å².